The highest BCUT2D eigenvalue weighted by atomic mass is 19.4. The average molecular weight is 244 g/mol. The SMILES string of the molecule is C[C@@H]1CCN(c2ccc(N)c(C(F)(F)F)c2)C1. The molecule has 0 spiro atoms. The van der Waals surface area contributed by atoms with Gasteiger partial charge in [-0.2, -0.15) is 13.2 Å². The van der Waals surface area contributed by atoms with Gasteiger partial charge in [0, 0.05) is 24.5 Å². The van der Waals surface area contributed by atoms with Gasteiger partial charge in [-0.3, -0.25) is 0 Å². The van der Waals surface area contributed by atoms with Crippen molar-refractivity contribution in [3.05, 3.63) is 23.8 Å². The van der Waals surface area contributed by atoms with Crippen molar-refractivity contribution in [3.8, 4) is 0 Å². The summed E-state index contributed by atoms with van der Waals surface area (Å²) >= 11 is 0. The number of nitrogen functional groups attached to an aromatic ring is 1. The predicted octanol–water partition coefficient (Wildman–Crippen LogP) is 3.13. The quantitative estimate of drug-likeness (QED) is 0.769. The molecule has 0 saturated carbocycles. The van der Waals surface area contributed by atoms with Crippen LogP contribution in [0.4, 0.5) is 24.5 Å². The van der Waals surface area contributed by atoms with E-state index < -0.39 is 11.7 Å². The fourth-order valence-corrected chi connectivity index (χ4v) is 2.16. The molecule has 0 radical (unpaired) electrons. The molecule has 1 heterocycles. The van der Waals surface area contributed by atoms with Crippen LogP contribution in [0.25, 0.3) is 0 Å². The Hall–Kier alpha value is -1.39. The lowest BCUT2D eigenvalue weighted by atomic mass is 10.1. The number of alkyl halides is 3. The Balaban J connectivity index is 2.31. The molecule has 2 N–H and O–H groups in total. The van der Waals surface area contributed by atoms with Crippen LogP contribution in [0, 0.1) is 5.92 Å². The monoisotopic (exact) mass is 244 g/mol. The van der Waals surface area contributed by atoms with Crippen LogP contribution < -0.4 is 10.6 Å². The minimum Gasteiger partial charge on any atom is -0.398 e. The van der Waals surface area contributed by atoms with Crippen LogP contribution in [0.3, 0.4) is 0 Å². The number of nitrogens with zero attached hydrogens (tertiary/aromatic N) is 1. The molecule has 17 heavy (non-hydrogen) atoms. The van der Waals surface area contributed by atoms with E-state index in [2.05, 4.69) is 6.92 Å². The van der Waals surface area contributed by atoms with Crippen molar-refractivity contribution in [2.45, 2.75) is 19.5 Å². The standard InChI is InChI=1S/C12H15F3N2/c1-8-4-5-17(7-8)9-2-3-11(16)10(6-9)12(13,14)15/h2-3,6,8H,4-5,7,16H2,1H3/t8-/m1/s1. The second-order valence-electron chi connectivity index (χ2n) is 4.61. The van der Waals surface area contributed by atoms with E-state index in [9.17, 15) is 13.2 Å². The van der Waals surface area contributed by atoms with Gasteiger partial charge < -0.3 is 10.6 Å². The lowest BCUT2D eigenvalue weighted by molar-refractivity contribution is -0.136. The normalized spacial score (nSPS) is 20.9. The number of anilines is 2. The largest absolute Gasteiger partial charge is 0.418 e. The van der Waals surface area contributed by atoms with E-state index in [0.717, 1.165) is 25.6 Å². The fraction of sp³-hybridized carbons (Fsp3) is 0.500. The van der Waals surface area contributed by atoms with Gasteiger partial charge in [-0.05, 0) is 30.5 Å². The molecular weight excluding hydrogens is 229 g/mol. The average Bonchev–Trinajstić information content (AvgIpc) is 2.64. The molecule has 1 aliphatic rings. The highest BCUT2D eigenvalue weighted by Gasteiger charge is 2.33. The summed E-state index contributed by atoms with van der Waals surface area (Å²) in [6, 6.07) is 4.14. The Kier molecular flexibility index (Phi) is 2.93. The first-order valence-corrected chi connectivity index (χ1v) is 5.59. The zero-order valence-corrected chi connectivity index (χ0v) is 9.59. The molecule has 1 saturated heterocycles. The van der Waals surface area contributed by atoms with Crippen molar-refractivity contribution in [3.63, 3.8) is 0 Å². The molecule has 1 atom stereocenters. The predicted molar refractivity (Wildman–Crippen MR) is 61.9 cm³/mol. The molecule has 1 fully saturated rings. The molecule has 0 unspecified atom stereocenters. The van der Waals surface area contributed by atoms with Crippen LogP contribution in [-0.2, 0) is 6.18 Å². The zero-order valence-electron chi connectivity index (χ0n) is 9.59. The van der Waals surface area contributed by atoms with Crippen LogP contribution in [0.2, 0.25) is 0 Å². The van der Waals surface area contributed by atoms with E-state index in [1.807, 2.05) is 4.90 Å². The Morgan fingerprint density at radius 1 is 1.35 bits per heavy atom. The summed E-state index contributed by atoms with van der Waals surface area (Å²) in [5, 5.41) is 0. The Morgan fingerprint density at radius 2 is 2.06 bits per heavy atom. The summed E-state index contributed by atoms with van der Waals surface area (Å²) in [5.41, 5.74) is 5.01. The molecule has 94 valence electrons. The Labute approximate surface area is 98.2 Å². The molecule has 1 aromatic rings. The van der Waals surface area contributed by atoms with Gasteiger partial charge in [-0.1, -0.05) is 6.92 Å². The number of benzene rings is 1. The molecule has 1 aromatic carbocycles. The molecule has 0 aliphatic carbocycles. The van der Waals surface area contributed by atoms with Crippen LogP contribution in [0.1, 0.15) is 18.9 Å². The van der Waals surface area contributed by atoms with E-state index in [-0.39, 0.29) is 5.69 Å². The van der Waals surface area contributed by atoms with Crippen LogP contribution in [-0.4, -0.2) is 13.1 Å². The molecule has 0 bridgehead atoms. The third-order valence-electron chi connectivity index (χ3n) is 3.13. The molecule has 1 aliphatic heterocycles. The highest BCUT2D eigenvalue weighted by molar-refractivity contribution is 5.59. The first kappa shape index (κ1) is 12.1. The first-order valence-electron chi connectivity index (χ1n) is 5.59. The van der Waals surface area contributed by atoms with Gasteiger partial charge in [0.2, 0.25) is 0 Å². The third-order valence-corrected chi connectivity index (χ3v) is 3.13. The lowest BCUT2D eigenvalue weighted by Crippen LogP contribution is -2.20. The van der Waals surface area contributed by atoms with Gasteiger partial charge in [-0.25, -0.2) is 0 Å². The van der Waals surface area contributed by atoms with Crippen molar-refractivity contribution in [2.24, 2.45) is 5.92 Å². The maximum atomic E-state index is 12.7. The summed E-state index contributed by atoms with van der Waals surface area (Å²) in [4.78, 5) is 1.97. The van der Waals surface area contributed by atoms with Gasteiger partial charge >= 0.3 is 6.18 Å². The summed E-state index contributed by atoms with van der Waals surface area (Å²) in [5.74, 6) is 0.530. The smallest absolute Gasteiger partial charge is 0.398 e. The van der Waals surface area contributed by atoms with Crippen LogP contribution in [0.15, 0.2) is 18.2 Å². The molecule has 5 heteroatoms. The van der Waals surface area contributed by atoms with Crippen molar-refractivity contribution in [1.29, 1.82) is 0 Å². The zero-order chi connectivity index (χ0) is 12.6. The summed E-state index contributed by atoms with van der Waals surface area (Å²) in [6.45, 7) is 3.71. The fourth-order valence-electron chi connectivity index (χ4n) is 2.16. The molecular formula is C12H15F3N2. The second kappa shape index (κ2) is 4.13. The van der Waals surface area contributed by atoms with Gasteiger partial charge in [0.1, 0.15) is 0 Å². The Bertz CT molecular complexity index is 415. The van der Waals surface area contributed by atoms with Crippen LogP contribution >= 0.6 is 0 Å². The van der Waals surface area contributed by atoms with E-state index >= 15 is 0 Å². The molecule has 2 rings (SSSR count). The number of rotatable bonds is 1. The van der Waals surface area contributed by atoms with Gasteiger partial charge in [0.25, 0.3) is 0 Å². The lowest BCUT2D eigenvalue weighted by Gasteiger charge is -2.20. The molecule has 0 aromatic heterocycles. The Morgan fingerprint density at radius 3 is 2.59 bits per heavy atom. The topological polar surface area (TPSA) is 29.3 Å². The maximum absolute atomic E-state index is 12.7. The van der Waals surface area contributed by atoms with Crippen molar-refractivity contribution in [1.82, 2.24) is 0 Å². The van der Waals surface area contributed by atoms with Crippen molar-refractivity contribution in [2.75, 3.05) is 23.7 Å². The van der Waals surface area contributed by atoms with Gasteiger partial charge in [-0.15, -0.1) is 0 Å². The van der Waals surface area contributed by atoms with Crippen LogP contribution in [0.5, 0.6) is 0 Å². The van der Waals surface area contributed by atoms with Gasteiger partial charge in [0.15, 0.2) is 0 Å². The van der Waals surface area contributed by atoms with Gasteiger partial charge in [0.05, 0.1) is 5.56 Å². The maximum Gasteiger partial charge on any atom is 0.418 e. The van der Waals surface area contributed by atoms with Crippen molar-refractivity contribution >= 4 is 11.4 Å². The summed E-state index contributed by atoms with van der Waals surface area (Å²) in [6.07, 6.45) is -3.36. The van der Waals surface area contributed by atoms with E-state index in [1.165, 1.54) is 6.07 Å². The number of halogens is 3. The summed E-state index contributed by atoms with van der Waals surface area (Å²) < 4.78 is 38.1. The minimum absolute atomic E-state index is 0.214. The molecule has 0 amide bonds. The number of nitrogens with two attached hydrogens (primary N) is 1. The minimum atomic E-state index is -4.38. The second-order valence-corrected chi connectivity index (χ2v) is 4.61. The number of hydrogen-bond acceptors (Lipinski definition) is 2. The van der Waals surface area contributed by atoms with E-state index in [1.54, 1.807) is 6.07 Å². The third kappa shape index (κ3) is 2.48. The summed E-state index contributed by atoms with van der Waals surface area (Å²) in [7, 11) is 0. The molecule has 2 nitrogen and oxygen atoms in total. The van der Waals surface area contributed by atoms with E-state index in [0.29, 0.717) is 11.6 Å². The van der Waals surface area contributed by atoms with Crippen molar-refractivity contribution < 1.29 is 13.2 Å². The first-order chi connectivity index (χ1) is 7.88. The van der Waals surface area contributed by atoms with E-state index in [4.69, 9.17) is 5.73 Å². The number of hydrogen-bond donors (Lipinski definition) is 1. The highest BCUT2D eigenvalue weighted by Crippen LogP contribution is 2.36.